The smallest absolute Gasteiger partial charge is 0.301 e. The van der Waals surface area contributed by atoms with Gasteiger partial charge in [-0.15, -0.1) is 0 Å². The Labute approximate surface area is 106 Å². The van der Waals surface area contributed by atoms with Crippen molar-refractivity contribution in [2.24, 2.45) is 5.16 Å². The van der Waals surface area contributed by atoms with E-state index in [0.29, 0.717) is 11.5 Å². The summed E-state index contributed by atoms with van der Waals surface area (Å²) in [5, 5.41) is 3.91. The summed E-state index contributed by atoms with van der Waals surface area (Å²) in [6, 6.07) is 0. The number of oxime groups is 1. The molecule has 0 N–H and O–H groups in total. The third-order valence-electron chi connectivity index (χ3n) is 1.82. The Bertz CT molecular complexity index is 456. The summed E-state index contributed by atoms with van der Waals surface area (Å²) in [5.41, 5.74) is 0.498. The molecule has 0 fully saturated rings. The van der Waals surface area contributed by atoms with E-state index in [-0.39, 0.29) is 17.4 Å². The van der Waals surface area contributed by atoms with Gasteiger partial charge in [0.05, 0.1) is 6.20 Å². The van der Waals surface area contributed by atoms with E-state index in [2.05, 4.69) is 15.0 Å². The lowest BCUT2D eigenvalue weighted by Gasteiger charge is -1.95. The van der Waals surface area contributed by atoms with Gasteiger partial charge in [-0.1, -0.05) is 16.9 Å². The highest BCUT2D eigenvalue weighted by atomic mass is 32.2. The van der Waals surface area contributed by atoms with Crippen molar-refractivity contribution in [2.45, 2.75) is 18.6 Å². The first-order chi connectivity index (χ1) is 8.54. The van der Waals surface area contributed by atoms with Crippen LogP contribution in [0.1, 0.15) is 19.1 Å². The van der Waals surface area contributed by atoms with E-state index in [1.54, 1.807) is 6.92 Å². The maximum atomic E-state index is 12.5. The topological polar surface area (TPSA) is 47.6 Å². The molecule has 0 saturated heterocycles. The van der Waals surface area contributed by atoms with Gasteiger partial charge in [0.25, 0.3) is 5.22 Å². The lowest BCUT2D eigenvalue weighted by molar-refractivity contribution is 0.212. The molecule has 0 aliphatic heterocycles. The van der Waals surface area contributed by atoms with E-state index in [1.807, 2.05) is 0 Å². The average Bonchev–Trinajstić information content (AvgIpc) is 2.78. The fourth-order valence-corrected chi connectivity index (χ4v) is 1.73. The molecule has 0 aromatic carbocycles. The number of nitrogens with zero attached hydrogens (tertiary/aromatic N) is 2. The first-order valence-corrected chi connectivity index (χ1v) is 5.89. The molecule has 1 heterocycles. The average molecular weight is 280 g/mol. The van der Waals surface area contributed by atoms with Crippen molar-refractivity contribution in [2.75, 3.05) is 12.9 Å². The molecule has 18 heavy (non-hydrogen) atoms. The minimum atomic E-state index is -2.29. The van der Waals surface area contributed by atoms with Crippen LogP contribution in [0.15, 0.2) is 32.9 Å². The van der Waals surface area contributed by atoms with Gasteiger partial charge in [0, 0.05) is 12.2 Å². The minimum absolute atomic E-state index is 0.115. The van der Waals surface area contributed by atoms with E-state index in [0.717, 1.165) is 11.8 Å². The molecule has 0 amide bonds. The van der Waals surface area contributed by atoms with Crippen molar-refractivity contribution in [3.8, 4) is 0 Å². The fraction of sp³-hybridized carbons (Fsp3) is 0.400. The van der Waals surface area contributed by atoms with Gasteiger partial charge < -0.3 is 9.25 Å². The normalized spacial score (nSPS) is 11.5. The lowest BCUT2D eigenvalue weighted by Crippen LogP contribution is -1.91. The van der Waals surface area contributed by atoms with Gasteiger partial charge in [0.15, 0.2) is 11.6 Å². The summed E-state index contributed by atoms with van der Waals surface area (Å²) >= 11 is 1.04. The first-order valence-electron chi connectivity index (χ1n) is 4.91. The summed E-state index contributed by atoms with van der Waals surface area (Å²) in [7, 11) is 1.40. The highest BCUT2D eigenvalue weighted by Crippen LogP contribution is 2.22. The second-order valence-corrected chi connectivity index (χ2v) is 4.16. The zero-order chi connectivity index (χ0) is 13.5. The molecule has 4 nitrogen and oxygen atoms in total. The SMILES string of the molecule is CO/N=C(\C)c1cnc(SCCC(F)=C(F)F)o1. The molecule has 0 bridgehead atoms. The Morgan fingerprint density at radius 1 is 1.50 bits per heavy atom. The molecular formula is C10H11F3N2O2S. The molecule has 1 rings (SSSR count). The van der Waals surface area contributed by atoms with Gasteiger partial charge in [-0.25, -0.2) is 9.37 Å². The third-order valence-corrected chi connectivity index (χ3v) is 2.67. The minimum Gasteiger partial charge on any atom is -0.430 e. The number of halogens is 3. The van der Waals surface area contributed by atoms with Crippen molar-refractivity contribution >= 4 is 17.5 Å². The van der Waals surface area contributed by atoms with E-state index >= 15 is 0 Å². The molecule has 0 radical (unpaired) electrons. The quantitative estimate of drug-likeness (QED) is 0.454. The van der Waals surface area contributed by atoms with Gasteiger partial charge in [-0.05, 0) is 6.92 Å². The van der Waals surface area contributed by atoms with Crippen LogP contribution in [0.25, 0.3) is 0 Å². The van der Waals surface area contributed by atoms with Gasteiger partial charge in [0.2, 0.25) is 0 Å². The summed E-state index contributed by atoms with van der Waals surface area (Å²) in [5.74, 6) is -0.887. The highest BCUT2D eigenvalue weighted by Gasteiger charge is 2.10. The number of oxazole rings is 1. The maximum Gasteiger partial charge on any atom is 0.301 e. The molecule has 0 aliphatic rings. The zero-order valence-electron chi connectivity index (χ0n) is 9.74. The van der Waals surface area contributed by atoms with E-state index in [1.165, 1.54) is 13.3 Å². The summed E-state index contributed by atoms with van der Waals surface area (Å²) in [4.78, 5) is 8.46. The Hall–Kier alpha value is -1.44. The summed E-state index contributed by atoms with van der Waals surface area (Å²) in [6.45, 7) is 1.67. The molecule has 0 saturated carbocycles. The summed E-state index contributed by atoms with van der Waals surface area (Å²) < 4.78 is 41.3. The second-order valence-electron chi connectivity index (χ2n) is 3.11. The maximum absolute atomic E-state index is 12.5. The van der Waals surface area contributed by atoms with E-state index in [9.17, 15) is 13.2 Å². The predicted octanol–water partition coefficient (Wildman–Crippen LogP) is 3.60. The molecule has 100 valence electrons. The first kappa shape index (κ1) is 14.6. The van der Waals surface area contributed by atoms with Crippen LogP contribution in [-0.2, 0) is 4.84 Å². The van der Waals surface area contributed by atoms with E-state index < -0.39 is 11.9 Å². The Morgan fingerprint density at radius 2 is 2.22 bits per heavy atom. The Kier molecular flexibility index (Phi) is 5.76. The molecule has 1 aromatic rings. The van der Waals surface area contributed by atoms with Crippen LogP contribution in [0.4, 0.5) is 13.2 Å². The fourth-order valence-electron chi connectivity index (χ4n) is 0.996. The monoisotopic (exact) mass is 280 g/mol. The van der Waals surface area contributed by atoms with Crippen LogP contribution in [0.3, 0.4) is 0 Å². The van der Waals surface area contributed by atoms with Gasteiger partial charge in [0.1, 0.15) is 12.8 Å². The predicted molar refractivity (Wildman–Crippen MR) is 61.4 cm³/mol. The van der Waals surface area contributed by atoms with Crippen molar-refractivity contribution in [3.05, 3.63) is 23.9 Å². The number of rotatable bonds is 6. The summed E-state index contributed by atoms with van der Waals surface area (Å²) in [6.07, 6.45) is -1.22. The van der Waals surface area contributed by atoms with Crippen LogP contribution < -0.4 is 0 Å². The Balaban J connectivity index is 2.50. The van der Waals surface area contributed by atoms with Crippen LogP contribution in [0.5, 0.6) is 0 Å². The number of aromatic nitrogens is 1. The molecular weight excluding hydrogens is 269 g/mol. The van der Waals surface area contributed by atoms with Crippen LogP contribution in [-0.4, -0.2) is 23.6 Å². The third kappa shape index (κ3) is 4.44. The Morgan fingerprint density at radius 3 is 2.83 bits per heavy atom. The largest absolute Gasteiger partial charge is 0.430 e. The van der Waals surface area contributed by atoms with Crippen molar-refractivity contribution in [3.63, 3.8) is 0 Å². The molecule has 0 unspecified atom stereocenters. The van der Waals surface area contributed by atoms with Gasteiger partial charge in [-0.2, -0.15) is 8.78 Å². The van der Waals surface area contributed by atoms with Crippen LogP contribution >= 0.6 is 11.8 Å². The number of hydrogen-bond acceptors (Lipinski definition) is 5. The van der Waals surface area contributed by atoms with Crippen LogP contribution in [0.2, 0.25) is 0 Å². The standard InChI is InChI=1S/C10H11F3N2O2S/c1-6(15-16-2)8-5-14-10(17-8)18-4-3-7(11)9(12)13/h5H,3-4H2,1-2H3/b15-6+. The van der Waals surface area contributed by atoms with Crippen molar-refractivity contribution < 1.29 is 22.4 Å². The molecule has 0 spiro atoms. The van der Waals surface area contributed by atoms with E-state index in [4.69, 9.17) is 4.42 Å². The molecule has 8 heteroatoms. The number of allylic oxidation sites excluding steroid dienone is 1. The molecule has 0 aliphatic carbocycles. The van der Waals surface area contributed by atoms with Gasteiger partial charge >= 0.3 is 6.08 Å². The number of thioether (sulfide) groups is 1. The molecule has 1 aromatic heterocycles. The van der Waals surface area contributed by atoms with Crippen LogP contribution in [0, 0.1) is 0 Å². The zero-order valence-corrected chi connectivity index (χ0v) is 10.6. The van der Waals surface area contributed by atoms with Crippen molar-refractivity contribution in [1.29, 1.82) is 0 Å². The second kappa shape index (κ2) is 7.10. The number of hydrogen-bond donors (Lipinski definition) is 0. The molecule has 0 atom stereocenters. The van der Waals surface area contributed by atoms with Crippen molar-refractivity contribution in [1.82, 2.24) is 4.98 Å². The highest BCUT2D eigenvalue weighted by molar-refractivity contribution is 7.99. The van der Waals surface area contributed by atoms with Gasteiger partial charge in [-0.3, -0.25) is 0 Å². The lowest BCUT2D eigenvalue weighted by atomic mass is 10.4.